The normalized spacial score (nSPS) is 16.9. The number of aliphatic hydroxyl groups excluding tert-OH is 1. The molecular formula is C16H23NO3. The number of likely N-dealkylation sites (tertiary alicyclic amines) is 1. The van der Waals surface area contributed by atoms with Crippen molar-refractivity contribution < 1.29 is 14.6 Å². The van der Waals surface area contributed by atoms with Gasteiger partial charge in [-0.15, -0.1) is 0 Å². The molecule has 20 heavy (non-hydrogen) atoms. The van der Waals surface area contributed by atoms with Gasteiger partial charge >= 0.3 is 0 Å². The molecule has 2 rings (SSSR count). The van der Waals surface area contributed by atoms with Crippen molar-refractivity contribution in [1.29, 1.82) is 0 Å². The molecule has 1 atom stereocenters. The second-order valence-corrected chi connectivity index (χ2v) is 5.45. The molecule has 1 aliphatic rings. The molecule has 1 heterocycles. The summed E-state index contributed by atoms with van der Waals surface area (Å²) in [5.74, 6) is 0.623. The highest BCUT2D eigenvalue weighted by atomic mass is 16.5. The van der Waals surface area contributed by atoms with Crippen LogP contribution in [0, 0.1) is 6.92 Å². The first-order chi connectivity index (χ1) is 9.58. The van der Waals surface area contributed by atoms with E-state index in [0.717, 1.165) is 37.1 Å². The van der Waals surface area contributed by atoms with Gasteiger partial charge in [-0.05, 0) is 45.2 Å². The maximum Gasteiger partial charge on any atom is 0.260 e. The van der Waals surface area contributed by atoms with Gasteiger partial charge in [-0.25, -0.2) is 0 Å². The fourth-order valence-corrected chi connectivity index (χ4v) is 2.50. The Balaban J connectivity index is 1.98. The van der Waals surface area contributed by atoms with E-state index in [0.29, 0.717) is 5.75 Å². The quantitative estimate of drug-likeness (QED) is 0.919. The first-order valence-corrected chi connectivity index (χ1v) is 7.27. The first-order valence-electron chi connectivity index (χ1n) is 7.27. The van der Waals surface area contributed by atoms with Crippen molar-refractivity contribution >= 4 is 5.91 Å². The van der Waals surface area contributed by atoms with Crippen LogP contribution in [0.3, 0.4) is 0 Å². The molecule has 0 saturated carbocycles. The largest absolute Gasteiger partial charge is 0.483 e. The molecule has 1 N–H and O–H groups in total. The molecule has 110 valence electrons. The molecular weight excluding hydrogens is 254 g/mol. The van der Waals surface area contributed by atoms with Crippen LogP contribution < -0.4 is 4.74 Å². The average Bonchev–Trinajstić information content (AvgIpc) is 2.46. The van der Waals surface area contributed by atoms with E-state index < -0.39 is 6.10 Å². The molecule has 4 nitrogen and oxygen atoms in total. The number of amides is 1. The van der Waals surface area contributed by atoms with Gasteiger partial charge in [-0.2, -0.15) is 0 Å². The summed E-state index contributed by atoms with van der Waals surface area (Å²) in [6, 6.07) is 5.64. The van der Waals surface area contributed by atoms with Gasteiger partial charge in [0.25, 0.3) is 5.91 Å². The number of piperidine rings is 1. The minimum Gasteiger partial charge on any atom is -0.483 e. The first kappa shape index (κ1) is 14.9. The number of benzene rings is 1. The van der Waals surface area contributed by atoms with E-state index in [4.69, 9.17) is 4.74 Å². The third kappa shape index (κ3) is 3.73. The Morgan fingerprint density at radius 3 is 2.70 bits per heavy atom. The van der Waals surface area contributed by atoms with Crippen molar-refractivity contribution in [1.82, 2.24) is 4.90 Å². The van der Waals surface area contributed by atoms with E-state index >= 15 is 0 Å². The van der Waals surface area contributed by atoms with Crippen molar-refractivity contribution in [3.8, 4) is 5.75 Å². The van der Waals surface area contributed by atoms with Gasteiger partial charge < -0.3 is 14.7 Å². The molecule has 0 unspecified atom stereocenters. The molecule has 0 aliphatic carbocycles. The van der Waals surface area contributed by atoms with Crippen LogP contribution in [0.2, 0.25) is 0 Å². The maximum atomic E-state index is 12.1. The van der Waals surface area contributed by atoms with E-state index in [1.807, 2.05) is 30.0 Å². The van der Waals surface area contributed by atoms with Crippen molar-refractivity contribution in [2.45, 2.75) is 39.2 Å². The topological polar surface area (TPSA) is 49.8 Å². The lowest BCUT2D eigenvalue weighted by atomic mass is 10.1. The third-order valence-corrected chi connectivity index (χ3v) is 3.68. The molecule has 1 fully saturated rings. The monoisotopic (exact) mass is 277 g/mol. The van der Waals surface area contributed by atoms with Crippen LogP contribution in [-0.2, 0) is 4.79 Å². The van der Waals surface area contributed by atoms with Crippen molar-refractivity contribution in [2.24, 2.45) is 0 Å². The summed E-state index contributed by atoms with van der Waals surface area (Å²) in [7, 11) is 0. The Morgan fingerprint density at radius 1 is 1.35 bits per heavy atom. The van der Waals surface area contributed by atoms with Gasteiger partial charge in [0.1, 0.15) is 5.75 Å². The van der Waals surface area contributed by atoms with Crippen molar-refractivity contribution in [3.63, 3.8) is 0 Å². The number of nitrogens with zero attached hydrogens (tertiary/aromatic N) is 1. The number of hydrogen-bond donors (Lipinski definition) is 1. The predicted molar refractivity (Wildman–Crippen MR) is 77.7 cm³/mol. The Bertz CT molecular complexity index is 465. The average molecular weight is 277 g/mol. The molecule has 0 radical (unpaired) electrons. The number of aliphatic hydroxyl groups is 1. The maximum absolute atomic E-state index is 12.1. The van der Waals surface area contributed by atoms with Crippen LogP contribution >= 0.6 is 0 Å². The zero-order chi connectivity index (χ0) is 14.5. The summed E-state index contributed by atoms with van der Waals surface area (Å²) in [6.45, 7) is 5.38. The van der Waals surface area contributed by atoms with Crippen LogP contribution in [0.1, 0.15) is 43.4 Å². The molecule has 1 aromatic carbocycles. The fourth-order valence-electron chi connectivity index (χ4n) is 2.50. The summed E-state index contributed by atoms with van der Waals surface area (Å²) in [6.07, 6.45) is 2.76. The number of ether oxygens (including phenoxy) is 1. The molecule has 4 heteroatoms. The second kappa shape index (κ2) is 6.75. The van der Waals surface area contributed by atoms with E-state index in [9.17, 15) is 9.90 Å². The molecule has 0 aromatic heterocycles. The molecule has 1 aromatic rings. The summed E-state index contributed by atoms with van der Waals surface area (Å²) >= 11 is 0. The molecule has 0 bridgehead atoms. The zero-order valence-electron chi connectivity index (χ0n) is 12.3. The van der Waals surface area contributed by atoms with Gasteiger partial charge in [0, 0.05) is 18.7 Å². The number of rotatable bonds is 4. The van der Waals surface area contributed by atoms with Crippen LogP contribution in [-0.4, -0.2) is 35.6 Å². The minimum absolute atomic E-state index is 0.0295. The minimum atomic E-state index is -0.602. The van der Waals surface area contributed by atoms with E-state index in [-0.39, 0.29) is 12.5 Å². The number of carbonyl (C=O) groups is 1. The highest BCUT2D eigenvalue weighted by Crippen LogP contribution is 2.26. The zero-order valence-corrected chi connectivity index (χ0v) is 12.3. The standard InChI is InChI=1S/C16H23NO3/c1-12-6-7-15(14(10-12)13(2)18)20-11-16(19)17-8-4-3-5-9-17/h6-7,10,13,18H,3-5,8-9,11H2,1-2H3/t13-/m1/s1. The second-order valence-electron chi connectivity index (χ2n) is 5.45. The van der Waals surface area contributed by atoms with Crippen LogP contribution in [0.4, 0.5) is 0 Å². The lowest BCUT2D eigenvalue weighted by molar-refractivity contribution is -0.134. The van der Waals surface area contributed by atoms with Crippen molar-refractivity contribution in [2.75, 3.05) is 19.7 Å². The Labute approximate surface area is 120 Å². The van der Waals surface area contributed by atoms with Crippen LogP contribution in [0.15, 0.2) is 18.2 Å². The fraction of sp³-hybridized carbons (Fsp3) is 0.562. The van der Waals surface area contributed by atoms with Gasteiger partial charge in [-0.1, -0.05) is 11.6 Å². The lowest BCUT2D eigenvalue weighted by Gasteiger charge is -2.26. The molecule has 0 spiro atoms. The van der Waals surface area contributed by atoms with Gasteiger partial charge in [-0.3, -0.25) is 4.79 Å². The predicted octanol–water partition coefficient (Wildman–Crippen LogP) is 2.44. The number of hydrogen-bond acceptors (Lipinski definition) is 3. The Hall–Kier alpha value is -1.55. The van der Waals surface area contributed by atoms with Crippen LogP contribution in [0.25, 0.3) is 0 Å². The summed E-state index contributed by atoms with van der Waals surface area (Å²) in [5.41, 5.74) is 1.80. The Morgan fingerprint density at radius 2 is 2.05 bits per heavy atom. The Kier molecular flexibility index (Phi) is 5.01. The van der Waals surface area contributed by atoms with E-state index in [1.165, 1.54) is 6.42 Å². The summed E-state index contributed by atoms with van der Waals surface area (Å²) < 4.78 is 5.62. The lowest BCUT2D eigenvalue weighted by Crippen LogP contribution is -2.38. The van der Waals surface area contributed by atoms with Gasteiger partial charge in [0.15, 0.2) is 6.61 Å². The number of carbonyl (C=O) groups excluding carboxylic acids is 1. The van der Waals surface area contributed by atoms with Gasteiger partial charge in [0.2, 0.25) is 0 Å². The van der Waals surface area contributed by atoms with Crippen molar-refractivity contribution in [3.05, 3.63) is 29.3 Å². The van der Waals surface area contributed by atoms with E-state index in [1.54, 1.807) is 6.92 Å². The highest BCUT2D eigenvalue weighted by Gasteiger charge is 2.18. The molecule has 1 aliphatic heterocycles. The number of aryl methyl sites for hydroxylation is 1. The third-order valence-electron chi connectivity index (χ3n) is 3.68. The van der Waals surface area contributed by atoms with Gasteiger partial charge in [0.05, 0.1) is 6.10 Å². The molecule has 1 amide bonds. The smallest absolute Gasteiger partial charge is 0.260 e. The summed E-state index contributed by atoms with van der Waals surface area (Å²) in [4.78, 5) is 13.9. The van der Waals surface area contributed by atoms with E-state index in [2.05, 4.69) is 0 Å². The molecule has 1 saturated heterocycles. The SMILES string of the molecule is Cc1ccc(OCC(=O)N2CCCCC2)c([C@@H](C)O)c1. The van der Waals surface area contributed by atoms with Crippen LogP contribution in [0.5, 0.6) is 5.75 Å². The highest BCUT2D eigenvalue weighted by molar-refractivity contribution is 5.77. The summed E-state index contributed by atoms with van der Waals surface area (Å²) in [5, 5.41) is 9.77.